The van der Waals surface area contributed by atoms with E-state index in [-0.39, 0.29) is 6.04 Å². The molecule has 6 heteroatoms. The molecule has 116 valence electrons. The third kappa shape index (κ3) is 5.05. The maximum absolute atomic E-state index is 5.36. The predicted molar refractivity (Wildman–Crippen MR) is 99.0 cm³/mol. The Labute approximate surface area is 145 Å². The van der Waals surface area contributed by atoms with Crippen LogP contribution in [0.5, 0.6) is 0 Å². The third-order valence-corrected chi connectivity index (χ3v) is 4.03. The van der Waals surface area contributed by atoms with E-state index in [1.54, 1.807) is 6.20 Å². The van der Waals surface area contributed by atoms with Crippen molar-refractivity contribution in [3.8, 4) is 0 Å². The first kappa shape index (κ1) is 16.9. The molecule has 4 nitrogen and oxygen atoms in total. The summed E-state index contributed by atoms with van der Waals surface area (Å²) in [5, 5.41) is 7.05. The van der Waals surface area contributed by atoms with Crippen molar-refractivity contribution >= 4 is 38.9 Å². The lowest BCUT2D eigenvalue weighted by atomic mass is 10.1. The highest BCUT2D eigenvalue weighted by atomic mass is 79.9. The van der Waals surface area contributed by atoms with Gasteiger partial charge in [-0.25, -0.2) is 0 Å². The number of rotatable bonds is 5. The molecule has 1 aromatic carbocycles. The summed E-state index contributed by atoms with van der Waals surface area (Å²) in [5.41, 5.74) is 2.12. The van der Waals surface area contributed by atoms with Gasteiger partial charge in [0.15, 0.2) is 5.11 Å². The van der Waals surface area contributed by atoms with Crippen molar-refractivity contribution in [1.82, 2.24) is 15.2 Å². The Morgan fingerprint density at radius 2 is 2.00 bits per heavy atom. The highest BCUT2D eigenvalue weighted by Gasteiger charge is 2.14. The van der Waals surface area contributed by atoms with Gasteiger partial charge in [0.2, 0.25) is 0 Å². The topological polar surface area (TPSA) is 40.2 Å². The normalized spacial score (nSPS) is 12.0. The van der Waals surface area contributed by atoms with Gasteiger partial charge in [0, 0.05) is 29.1 Å². The van der Waals surface area contributed by atoms with E-state index < -0.39 is 0 Å². The van der Waals surface area contributed by atoms with Crippen molar-refractivity contribution in [3.63, 3.8) is 0 Å². The van der Waals surface area contributed by atoms with Gasteiger partial charge in [-0.05, 0) is 62.2 Å². The predicted octanol–water partition coefficient (Wildman–Crippen LogP) is 3.43. The number of aromatic nitrogens is 1. The molecule has 0 aliphatic rings. The van der Waals surface area contributed by atoms with E-state index in [2.05, 4.69) is 42.5 Å². The number of pyridine rings is 1. The van der Waals surface area contributed by atoms with Crippen LogP contribution in [0, 0.1) is 0 Å². The Kier molecular flexibility index (Phi) is 6.30. The van der Waals surface area contributed by atoms with Gasteiger partial charge in [-0.1, -0.05) is 22.0 Å². The fraction of sp³-hybridized carbons (Fsp3) is 0.250. The van der Waals surface area contributed by atoms with Crippen LogP contribution in [0.3, 0.4) is 0 Å². The zero-order valence-corrected chi connectivity index (χ0v) is 15.0. The zero-order chi connectivity index (χ0) is 15.9. The maximum Gasteiger partial charge on any atom is 0.170 e. The first-order valence-electron chi connectivity index (χ1n) is 6.93. The minimum absolute atomic E-state index is 0.207. The average molecular weight is 379 g/mol. The van der Waals surface area contributed by atoms with Crippen LogP contribution in [0.4, 0.5) is 5.69 Å². The number of thiocarbonyl (C=S) groups is 1. The molecule has 1 atom stereocenters. The van der Waals surface area contributed by atoms with Gasteiger partial charge in [0.1, 0.15) is 0 Å². The molecule has 22 heavy (non-hydrogen) atoms. The van der Waals surface area contributed by atoms with Crippen molar-refractivity contribution in [2.24, 2.45) is 0 Å². The number of hydrogen-bond acceptors (Lipinski definition) is 3. The van der Waals surface area contributed by atoms with E-state index in [0.29, 0.717) is 11.7 Å². The molecule has 2 N–H and O–H groups in total. The summed E-state index contributed by atoms with van der Waals surface area (Å²) in [6, 6.07) is 12.1. The van der Waals surface area contributed by atoms with E-state index in [1.165, 1.54) is 0 Å². The maximum atomic E-state index is 5.36. The Hall–Kier alpha value is -1.50. The van der Waals surface area contributed by atoms with Crippen LogP contribution in [0.15, 0.2) is 53.3 Å². The molecule has 0 saturated heterocycles. The second kappa shape index (κ2) is 8.22. The SMILES string of the molecule is CN(C)[C@@H](CNC(=S)Nc1ccc(Br)cc1)c1cccnc1. The molecule has 2 aromatic rings. The van der Waals surface area contributed by atoms with Gasteiger partial charge < -0.3 is 15.5 Å². The number of hydrogen-bond donors (Lipinski definition) is 2. The van der Waals surface area contributed by atoms with E-state index in [0.717, 1.165) is 15.7 Å². The first-order chi connectivity index (χ1) is 10.6. The summed E-state index contributed by atoms with van der Waals surface area (Å²) in [6.45, 7) is 0.709. The lowest BCUT2D eigenvalue weighted by Crippen LogP contribution is -2.36. The fourth-order valence-electron chi connectivity index (χ4n) is 2.07. The number of benzene rings is 1. The van der Waals surface area contributed by atoms with Crippen LogP contribution in [0.25, 0.3) is 0 Å². The minimum Gasteiger partial charge on any atom is -0.361 e. The molecule has 1 heterocycles. The number of nitrogens with one attached hydrogen (secondary N) is 2. The number of halogens is 1. The minimum atomic E-state index is 0.207. The first-order valence-corrected chi connectivity index (χ1v) is 8.13. The molecule has 2 rings (SSSR count). The molecular formula is C16H19BrN4S. The van der Waals surface area contributed by atoms with Gasteiger partial charge in [-0.3, -0.25) is 4.98 Å². The molecule has 0 unspecified atom stereocenters. The highest BCUT2D eigenvalue weighted by molar-refractivity contribution is 9.10. The summed E-state index contributed by atoms with van der Waals surface area (Å²) < 4.78 is 1.04. The summed E-state index contributed by atoms with van der Waals surface area (Å²) in [6.07, 6.45) is 3.67. The Morgan fingerprint density at radius 3 is 2.59 bits per heavy atom. The number of anilines is 1. The van der Waals surface area contributed by atoms with Crippen molar-refractivity contribution in [1.29, 1.82) is 0 Å². The van der Waals surface area contributed by atoms with Gasteiger partial charge >= 0.3 is 0 Å². The molecule has 0 bridgehead atoms. The summed E-state index contributed by atoms with van der Waals surface area (Å²) in [5.74, 6) is 0. The summed E-state index contributed by atoms with van der Waals surface area (Å²) >= 11 is 8.77. The van der Waals surface area contributed by atoms with Crippen molar-refractivity contribution in [2.45, 2.75) is 6.04 Å². The van der Waals surface area contributed by atoms with E-state index in [9.17, 15) is 0 Å². The highest BCUT2D eigenvalue weighted by Crippen LogP contribution is 2.16. The Balaban J connectivity index is 1.92. The smallest absolute Gasteiger partial charge is 0.170 e. The molecule has 0 aliphatic heterocycles. The third-order valence-electron chi connectivity index (χ3n) is 3.25. The molecular weight excluding hydrogens is 360 g/mol. The molecule has 0 saturated carbocycles. The summed E-state index contributed by atoms with van der Waals surface area (Å²) in [7, 11) is 4.09. The van der Waals surface area contributed by atoms with E-state index >= 15 is 0 Å². The average Bonchev–Trinajstić information content (AvgIpc) is 2.50. The molecule has 0 radical (unpaired) electrons. The quantitative estimate of drug-likeness (QED) is 0.779. The van der Waals surface area contributed by atoms with Gasteiger partial charge in [0.25, 0.3) is 0 Å². The van der Waals surface area contributed by atoms with E-state index in [4.69, 9.17) is 12.2 Å². The second-order valence-corrected chi connectivity index (χ2v) is 6.43. The van der Waals surface area contributed by atoms with E-state index in [1.807, 2.05) is 50.6 Å². The Bertz CT molecular complexity index is 601. The monoisotopic (exact) mass is 378 g/mol. The van der Waals surface area contributed by atoms with Crippen LogP contribution < -0.4 is 10.6 Å². The second-order valence-electron chi connectivity index (χ2n) is 5.11. The van der Waals surface area contributed by atoms with Crippen molar-refractivity contribution < 1.29 is 0 Å². The summed E-state index contributed by atoms with van der Waals surface area (Å²) in [4.78, 5) is 6.33. The molecule has 0 spiro atoms. The standard InChI is InChI=1S/C16H19BrN4S/c1-21(2)15(12-4-3-9-18-10-12)11-19-16(22)20-14-7-5-13(17)6-8-14/h3-10,15H,11H2,1-2H3,(H2,19,20,22)/t15-/m0/s1. The lowest BCUT2D eigenvalue weighted by molar-refractivity contribution is 0.298. The molecule has 0 fully saturated rings. The van der Waals surface area contributed by atoms with Crippen molar-refractivity contribution in [2.75, 3.05) is 26.0 Å². The van der Waals surface area contributed by atoms with Crippen LogP contribution in [-0.2, 0) is 0 Å². The van der Waals surface area contributed by atoms with Crippen LogP contribution in [0.1, 0.15) is 11.6 Å². The Morgan fingerprint density at radius 1 is 1.27 bits per heavy atom. The zero-order valence-electron chi connectivity index (χ0n) is 12.6. The number of likely N-dealkylation sites (N-methyl/N-ethyl adjacent to an activating group) is 1. The van der Waals surface area contributed by atoms with Crippen molar-refractivity contribution in [3.05, 3.63) is 58.8 Å². The van der Waals surface area contributed by atoms with Gasteiger partial charge in [-0.15, -0.1) is 0 Å². The van der Waals surface area contributed by atoms with Gasteiger partial charge in [0.05, 0.1) is 6.04 Å². The molecule has 0 aliphatic carbocycles. The van der Waals surface area contributed by atoms with Gasteiger partial charge in [-0.2, -0.15) is 0 Å². The molecule has 0 amide bonds. The lowest BCUT2D eigenvalue weighted by Gasteiger charge is -2.25. The fourth-order valence-corrected chi connectivity index (χ4v) is 2.54. The molecule has 1 aromatic heterocycles. The largest absolute Gasteiger partial charge is 0.361 e. The van der Waals surface area contributed by atoms with Crippen LogP contribution >= 0.6 is 28.1 Å². The number of nitrogens with zero attached hydrogens (tertiary/aromatic N) is 2. The van der Waals surface area contributed by atoms with Crippen LogP contribution in [-0.4, -0.2) is 35.6 Å². The van der Waals surface area contributed by atoms with Crippen LogP contribution in [0.2, 0.25) is 0 Å².